The van der Waals surface area contributed by atoms with E-state index in [0.29, 0.717) is 38.7 Å². The second-order valence-corrected chi connectivity index (χ2v) is 6.71. The number of carbonyl (C=O) groups is 1. The third kappa shape index (κ3) is 4.11. The van der Waals surface area contributed by atoms with Crippen LogP contribution in [0.25, 0.3) is 11.0 Å². The number of halogens is 1. The minimum atomic E-state index is -0.456. The number of nitrogens with zero attached hydrogens (tertiary/aromatic N) is 2. The van der Waals surface area contributed by atoms with Gasteiger partial charge in [0, 0.05) is 23.0 Å². The molecule has 0 saturated carbocycles. The number of carbonyl (C=O) groups excluding carboxylic acids is 1. The number of anilines is 2. The molecule has 0 amide bonds. The van der Waals surface area contributed by atoms with E-state index in [0.717, 1.165) is 5.69 Å². The van der Waals surface area contributed by atoms with Crippen molar-refractivity contribution in [3.05, 3.63) is 52.8 Å². The molecule has 6 nitrogen and oxygen atoms in total. The number of aromatic nitrogens is 2. The highest BCUT2D eigenvalue weighted by Crippen LogP contribution is 2.33. The maximum atomic E-state index is 12.6. The lowest BCUT2D eigenvalue weighted by atomic mass is 10.1. The molecule has 0 aliphatic rings. The van der Waals surface area contributed by atoms with Crippen LogP contribution in [0.5, 0.6) is 5.75 Å². The summed E-state index contributed by atoms with van der Waals surface area (Å²) >= 11 is 6.22. The van der Waals surface area contributed by atoms with E-state index in [9.17, 15) is 4.79 Å². The summed E-state index contributed by atoms with van der Waals surface area (Å²) in [6.45, 7) is 5.49. The van der Waals surface area contributed by atoms with Crippen LogP contribution in [0.1, 0.15) is 29.9 Å². The SMILES string of the molecule is COc1ccc(Nc2c(C(=O)OC(C)C)cnc3nc(C)ccc23)cc1Cl. The average molecular weight is 386 g/mol. The third-order valence-electron chi connectivity index (χ3n) is 3.85. The van der Waals surface area contributed by atoms with Crippen molar-refractivity contribution in [2.75, 3.05) is 12.4 Å². The molecule has 0 spiro atoms. The molecule has 0 aliphatic heterocycles. The summed E-state index contributed by atoms with van der Waals surface area (Å²) in [5.74, 6) is 0.112. The second kappa shape index (κ2) is 7.80. The van der Waals surface area contributed by atoms with Crippen LogP contribution in [0.2, 0.25) is 5.02 Å². The minimum absolute atomic E-state index is 0.243. The Balaban J connectivity index is 2.12. The number of rotatable bonds is 5. The lowest BCUT2D eigenvalue weighted by molar-refractivity contribution is 0.0379. The Bertz CT molecular complexity index is 1010. The average Bonchev–Trinajstić information content (AvgIpc) is 2.61. The molecule has 27 heavy (non-hydrogen) atoms. The first kappa shape index (κ1) is 18.9. The Morgan fingerprint density at radius 2 is 2.00 bits per heavy atom. The first-order valence-electron chi connectivity index (χ1n) is 8.47. The van der Waals surface area contributed by atoms with Crippen LogP contribution in [0.4, 0.5) is 11.4 Å². The van der Waals surface area contributed by atoms with Crippen molar-refractivity contribution in [3.8, 4) is 5.75 Å². The zero-order valence-electron chi connectivity index (χ0n) is 15.5. The van der Waals surface area contributed by atoms with Crippen molar-refractivity contribution in [2.24, 2.45) is 0 Å². The maximum Gasteiger partial charge on any atom is 0.342 e. The molecule has 2 heterocycles. The minimum Gasteiger partial charge on any atom is -0.495 e. The van der Waals surface area contributed by atoms with Crippen LogP contribution in [0.3, 0.4) is 0 Å². The number of methoxy groups -OCH3 is 1. The molecular weight excluding hydrogens is 366 g/mol. The molecule has 2 aromatic heterocycles. The Hall–Kier alpha value is -2.86. The monoisotopic (exact) mass is 385 g/mol. The van der Waals surface area contributed by atoms with Gasteiger partial charge in [0.15, 0.2) is 5.65 Å². The van der Waals surface area contributed by atoms with Crippen LogP contribution < -0.4 is 10.1 Å². The van der Waals surface area contributed by atoms with Crippen LogP contribution in [-0.4, -0.2) is 29.2 Å². The molecule has 7 heteroatoms. The van der Waals surface area contributed by atoms with Crippen LogP contribution in [0, 0.1) is 6.92 Å². The summed E-state index contributed by atoms with van der Waals surface area (Å²) < 4.78 is 10.5. The molecule has 0 aliphatic carbocycles. The number of aryl methyl sites for hydroxylation is 1. The van der Waals surface area contributed by atoms with Crippen molar-refractivity contribution in [1.82, 2.24) is 9.97 Å². The third-order valence-corrected chi connectivity index (χ3v) is 4.15. The first-order chi connectivity index (χ1) is 12.9. The van der Waals surface area contributed by atoms with Gasteiger partial charge in [-0.05, 0) is 51.1 Å². The predicted octanol–water partition coefficient (Wildman–Crippen LogP) is 4.91. The molecule has 0 bridgehead atoms. The topological polar surface area (TPSA) is 73.3 Å². The fraction of sp³-hybridized carbons (Fsp3) is 0.250. The predicted molar refractivity (Wildman–Crippen MR) is 106 cm³/mol. The van der Waals surface area contributed by atoms with Crippen molar-refractivity contribution >= 4 is 40.0 Å². The lowest BCUT2D eigenvalue weighted by Gasteiger charge is -2.16. The Morgan fingerprint density at radius 3 is 2.67 bits per heavy atom. The number of ether oxygens (including phenoxy) is 2. The zero-order valence-corrected chi connectivity index (χ0v) is 16.3. The molecule has 140 valence electrons. The van der Waals surface area contributed by atoms with Gasteiger partial charge in [-0.3, -0.25) is 0 Å². The van der Waals surface area contributed by atoms with E-state index >= 15 is 0 Å². The summed E-state index contributed by atoms with van der Waals surface area (Å²) in [5, 5.41) is 4.43. The normalized spacial score (nSPS) is 10.9. The van der Waals surface area contributed by atoms with Crippen molar-refractivity contribution in [3.63, 3.8) is 0 Å². The van der Waals surface area contributed by atoms with E-state index < -0.39 is 5.97 Å². The summed E-state index contributed by atoms with van der Waals surface area (Å²) in [7, 11) is 1.55. The summed E-state index contributed by atoms with van der Waals surface area (Å²) in [5.41, 5.74) is 2.98. The smallest absolute Gasteiger partial charge is 0.342 e. The number of benzene rings is 1. The van der Waals surface area contributed by atoms with E-state index in [-0.39, 0.29) is 6.10 Å². The molecule has 0 atom stereocenters. The standard InChI is InChI=1S/C20H20ClN3O3/c1-11(2)27-20(25)15-10-22-19-14(7-5-12(3)23-19)18(15)24-13-6-8-17(26-4)16(21)9-13/h5-11H,1-4H3,(H,22,23,24). The number of hydrogen-bond donors (Lipinski definition) is 1. The fourth-order valence-electron chi connectivity index (χ4n) is 2.63. The van der Waals surface area contributed by atoms with Gasteiger partial charge in [0.25, 0.3) is 0 Å². The van der Waals surface area contributed by atoms with E-state index in [1.807, 2.05) is 25.1 Å². The highest BCUT2D eigenvalue weighted by Gasteiger charge is 2.19. The Morgan fingerprint density at radius 1 is 1.22 bits per heavy atom. The summed E-state index contributed by atoms with van der Waals surface area (Å²) in [4.78, 5) is 21.3. The molecule has 1 aromatic carbocycles. The molecular formula is C20H20ClN3O3. The van der Waals surface area contributed by atoms with Gasteiger partial charge in [-0.1, -0.05) is 11.6 Å². The molecule has 1 N–H and O–H groups in total. The number of pyridine rings is 2. The highest BCUT2D eigenvalue weighted by atomic mass is 35.5. The van der Waals surface area contributed by atoms with E-state index in [1.54, 1.807) is 33.1 Å². The van der Waals surface area contributed by atoms with Gasteiger partial charge in [0.05, 0.1) is 23.9 Å². The van der Waals surface area contributed by atoms with Crippen LogP contribution >= 0.6 is 11.6 Å². The summed E-state index contributed by atoms with van der Waals surface area (Å²) in [6, 6.07) is 9.04. The van der Waals surface area contributed by atoms with Gasteiger partial charge < -0.3 is 14.8 Å². The van der Waals surface area contributed by atoms with E-state index in [4.69, 9.17) is 21.1 Å². The maximum absolute atomic E-state index is 12.6. The fourth-order valence-corrected chi connectivity index (χ4v) is 2.89. The van der Waals surface area contributed by atoms with Gasteiger partial charge in [0.1, 0.15) is 11.3 Å². The summed E-state index contributed by atoms with van der Waals surface area (Å²) in [6.07, 6.45) is 1.24. The van der Waals surface area contributed by atoms with Crippen molar-refractivity contribution < 1.29 is 14.3 Å². The number of fused-ring (bicyclic) bond motifs is 1. The highest BCUT2D eigenvalue weighted by molar-refractivity contribution is 6.32. The van der Waals surface area contributed by atoms with Crippen LogP contribution in [0.15, 0.2) is 36.5 Å². The quantitative estimate of drug-likeness (QED) is 0.629. The van der Waals surface area contributed by atoms with Crippen molar-refractivity contribution in [2.45, 2.75) is 26.9 Å². The molecule has 0 saturated heterocycles. The van der Waals surface area contributed by atoms with Gasteiger partial charge in [0.2, 0.25) is 0 Å². The van der Waals surface area contributed by atoms with Gasteiger partial charge in [-0.15, -0.1) is 0 Å². The van der Waals surface area contributed by atoms with Gasteiger partial charge in [-0.2, -0.15) is 0 Å². The van der Waals surface area contributed by atoms with Gasteiger partial charge in [-0.25, -0.2) is 14.8 Å². The molecule has 0 unspecified atom stereocenters. The molecule has 0 fully saturated rings. The molecule has 0 radical (unpaired) electrons. The van der Waals surface area contributed by atoms with Crippen molar-refractivity contribution in [1.29, 1.82) is 0 Å². The molecule has 3 aromatic rings. The number of esters is 1. The lowest BCUT2D eigenvalue weighted by Crippen LogP contribution is -2.14. The van der Waals surface area contributed by atoms with Gasteiger partial charge >= 0.3 is 5.97 Å². The first-order valence-corrected chi connectivity index (χ1v) is 8.84. The number of hydrogen-bond acceptors (Lipinski definition) is 6. The second-order valence-electron chi connectivity index (χ2n) is 6.30. The largest absolute Gasteiger partial charge is 0.495 e. The van der Waals surface area contributed by atoms with E-state index in [1.165, 1.54) is 6.20 Å². The Labute approximate surface area is 162 Å². The number of nitrogens with one attached hydrogen (secondary N) is 1. The van der Waals surface area contributed by atoms with E-state index in [2.05, 4.69) is 15.3 Å². The Kier molecular flexibility index (Phi) is 5.46. The zero-order chi connectivity index (χ0) is 19.6. The van der Waals surface area contributed by atoms with Crippen LogP contribution in [-0.2, 0) is 4.74 Å². The molecule has 3 rings (SSSR count).